The van der Waals surface area contributed by atoms with Crippen LogP contribution in [0.4, 0.5) is 0 Å². The Labute approximate surface area is 89.3 Å². The molecule has 3 heteroatoms. The molecule has 0 aliphatic heterocycles. The number of benzene rings is 1. The van der Waals surface area contributed by atoms with E-state index in [2.05, 4.69) is 5.32 Å². The number of rotatable bonds is 2. The molecular formula is C11H14ClNO. The van der Waals surface area contributed by atoms with Crippen LogP contribution >= 0.6 is 11.6 Å². The van der Waals surface area contributed by atoms with Gasteiger partial charge in [-0.05, 0) is 38.5 Å². The molecule has 1 rings (SSSR count). The zero-order valence-corrected chi connectivity index (χ0v) is 9.35. The fourth-order valence-electron chi connectivity index (χ4n) is 1.14. The van der Waals surface area contributed by atoms with Crippen molar-refractivity contribution in [1.82, 2.24) is 5.32 Å². The van der Waals surface area contributed by atoms with Gasteiger partial charge in [0.1, 0.15) is 0 Å². The van der Waals surface area contributed by atoms with Crippen LogP contribution in [0.5, 0.6) is 0 Å². The van der Waals surface area contributed by atoms with Crippen molar-refractivity contribution < 1.29 is 4.79 Å². The van der Waals surface area contributed by atoms with Crippen molar-refractivity contribution in [1.29, 1.82) is 0 Å². The van der Waals surface area contributed by atoms with E-state index in [1.165, 1.54) is 0 Å². The standard InChI is InChI=1S/C11H14ClNO/c1-7(2)13-11(14)9-5-4-8(3)6-10(9)12/h4-7H,1-3H3,(H,13,14). The lowest BCUT2D eigenvalue weighted by molar-refractivity contribution is 0.0943. The lowest BCUT2D eigenvalue weighted by Gasteiger charge is -2.09. The molecule has 0 aliphatic rings. The Balaban J connectivity index is 2.90. The van der Waals surface area contributed by atoms with Crippen molar-refractivity contribution in [3.63, 3.8) is 0 Å². The van der Waals surface area contributed by atoms with Gasteiger partial charge in [-0.1, -0.05) is 17.7 Å². The lowest BCUT2D eigenvalue weighted by Crippen LogP contribution is -2.30. The van der Waals surface area contributed by atoms with Crippen LogP contribution in [0.15, 0.2) is 18.2 Å². The second kappa shape index (κ2) is 4.47. The molecule has 2 nitrogen and oxygen atoms in total. The number of nitrogens with one attached hydrogen (secondary N) is 1. The molecule has 1 N–H and O–H groups in total. The van der Waals surface area contributed by atoms with Crippen molar-refractivity contribution in [2.45, 2.75) is 26.8 Å². The van der Waals surface area contributed by atoms with Crippen LogP contribution in [-0.4, -0.2) is 11.9 Å². The van der Waals surface area contributed by atoms with E-state index in [9.17, 15) is 4.79 Å². The minimum Gasteiger partial charge on any atom is -0.350 e. The Bertz CT molecular complexity index is 347. The predicted octanol–water partition coefficient (Wildman–Crippen LogP) is 2.79. The van der Waals surface area contributed by atoms with Crippen LogP contribution in [-0.2, 0) is 0 Å². The summed E-state index contributed by atoms with van der Waals surface area (Å²) in [5, 5.41) is 3.30. The summed E-state index contributed by atoms with van der Waals surface area (Å²) < 4.78 is 0. The molecule has 1 aromatic rings. The minimum absolute atomic E-state index is 0.120. The van der Waals surface area contributed by atoms with E-state index < -0.39 is 0 Å². The van der Waals surface area contributed by atoms with Crippen LogP contribution in [0.2, 0.25) is 5.02 Å². The van der Waals surface area contributed by atoms with Crippen LogP contribution < -0.4 is 5.32 Å². The van der Waals surface area contributed by atoms with Crippen molar-refractivity contribution in [3.05, 3.63) is 34.3 Å². The van der Waals surface area contributed by atoms with Gasteiger partial charge >= 0.3 is 0 Å². The van der Waals surface area contributed by atoms with Gasteiger partial charge in [0.15, 0.2) is 0 Å². The van der Waals surface area contributed by atoms with Gasteiger partial charge in [-0.25, -0.2) is 0 Å². The molecule has 0 aliphatic carbocycles. The minimum atomic E-state index is -0.120. The summed E-state index contributed by atoms with van der Waals surface area (Å²) in [5.41, 5.74) is 1.59. The van der Waals surface area contributed by atoms with Crippen LogP contribution in [0, 0.1) is 6.92 Å². The van der Waals surface area contributed by atoms with Gasteiger partial charge in [0, 0.05) is 6.04 Å². The highest BCUT2D eigenvalue weighted by molar-refractivity contribution is 6.33. The molecule has 0 atom stereocenters. The maximum Gasteiger partial charge on any atom is 0.252 e. The summed E-state index contributed by atoms with van der Waals surface area (Å²) in [6.07, 6.45) is 0. The average Bonchev–Trinajstić information content (AvgIpc) is 2.01. The molecule has 0 fully saturated rings. The number of hydrogen-bond acceptors (Lipinski definition) is 1. The summed E-state index contributed by atoms with van der Waals surface area (Å²) in [7, 11) is 0. The largest absolute Gasteiger partial charge is 0.350 e. The quantitative estimate of drug-likeness (QED) is 0.801. The van der Waals surface area contributed by atoms with Gasteiger partial charge in [0.25, 0.3) is 5.91 Å². The Hall–Kier alpha value is -1.02. The van der Waals surface area contributed by atoms with E-state index in [1.54, 1.807) is 12.1 Å². The third-order valence-corrected chi connectivity index (χ3v) is 2.10. The van der Waals surface area contributed by atoms with E-state index in [1.807, 2.05) is 26.8 Å². The molecule has 14 heavy (non-hydrogen) atoms. The van der Waals surface area contributed by atoms with Crippen molar-refractivity contribution in [3.8, 4) is 0 Å². The summed E-state index contributed by atoms with van der Waals surface area (Å²) in [4.78, 5) is 11.6. The summed E-state index contributed by atoms with van der Waals surface area (Å²) in [5.74, 6) is -0.120. The van der Waals surface area contributed by atoms with Gasteiger partial charge in [0.05, 0.1) is 10.6 Å². The fourth-order valence-corrected chi connectivity index (χ4v) is 1.47. The molecule has 0 saturated heterocycles. The SMILES string of the molecule is Cc1ccc(C(=O)NC(C)C)c(Cl)c1. The van der Waals surface area contributed by atoms with Crippen LogP contribution in [0.25, 0.3) is 0 Å². The first-order valence-electron chi connectivity index (χ1n) is 4.57. The molecule has 0 bridgehead atoms. The van der Waals surface area contributed by atoms with Crippen LogP contribution in [0.3, 0.4) is 0 Å². The highest BCUT2D eigenvalue weighted by atomic mass is 35.5. The molecule has 0 saturated carbocycles. The van der Waals surface area contributed by atoms with E-state index in [0.717, 1.165) is 5.56 Å². The van der Waals surface area contributed by atoms with E-state index in [0.29, 0.717) is 10.6 Å². The molecule has 1 amide bonds. The number of halogens is 1. The van der Waals surface area contributed by atoms with Gasteiger partial charge in [-0.2, -0.15) is 0 Å². The number of carbonyl (C=O) groups is 1. The van der Waals surface area contributed by atoms with E-state index >= 15 is 0 Å². The smallest absolute Gasteiger partial charge is 0.252 e. The maximum absolute atomic E-state index is 11.6. The van der Waals surface area contributed by atoms with Gasteiger partial charge in [-0.3, -0.25) is 4.79 Å². The number of carbonyl (C=O) groups excluding carboxylic acids is 1. The van der Waals surface area contributed by atoms with Gasteiger partial charge in [-0.15, -0.1) is 0 Å². The summed E-state index contributed by atoms with van der Waals surface area (Å²) in [6, 6.07) is 5.53. The fraction of sp³-hybridized carbons (Fsp3) is 0.364. The second-order valence-corrected chi connectivity index (χ2v) is 4.02. The first kappa shape index (κ1) is 11.1. The second-order valence-electron chi connectivity index (χ2n) is 3.61. The van der Waals surface area contributed by atoms with Crippen LogP contribution in [0.1, 0.15) is 29.8 Å². The Morgan fingerprint density at radius 1 is 1.43 bits per heavy atom. The predicted molar refractivity (Wildman–Crippen MR) is 58.8 cm³/mol. The number of hydrogen-bond donors (Lipinski definition) is 1. The first-order chi connectivity index (χ1) is 6.50. The zero-order valence-electron chi connectivity index (χ0n) is 8.60. The monoisotopic (exact) mass is 211 g/mol. The van der Waals surface area contributed by atoms with Gasteiger partial charge in [0.2, 0.25) is 0 Å². The summed E-state index contributed by atoms with van der Waals surface area (Å²) >= 11 is 5.95. The molecule has 76 valence electrons. The molecule has 0 heterocycles. The third kappa shape index (κ3) is 2.74. The van der Waals surface area contributed by atoms with E-state index in [-0.39, 0.29) is 11.9 Å². The molecule has 0 unspecified atom stereocenters. The maximum atomic E-state index is 11.6. The molecule has 0 radical (unpaired) electrons. The van der Waals surface area contributed by atoms with Crippen molar-refractivity contribution in [2.75, 3.05) is 0 Å². The van der Waals surface area contributed by atoms with Gasteiger partial charge < -0.3 is 5.32 Å². The zero-order chi connectivity index (χ0) is 10.7. The van der Waals surface area contributed by atoms with E-state index in [4.69, 9.17) is 11.6 Å². The van der Waals surface area contributed by atoms with Crippen molar-refractivity contribution in [2.24, 2.45) is 0 Å². The lowest BCUT2D eigenvalue weighted by atomic mass is 10.1. The summed E-state index contributed by atoms with van der Waals surface area (Å²) in [6.45, 7) is 5.77. The topological polar surface area (TPSA) is 29.1 Å². The molecule has 0 aromatic heterocycles. The average molecular weight is 212 g/mol. The normalized spacial score (nSPS) is 10.4. The Morgan fingerprint density at radius 3 is 2.57 bits per heavy atom. The highest BCUT2D eigenvalue weighted by Gasteiger charge is 2.10. The number of aryl methyl sites for hydroxylation is 1. The Morgan fingerprint density at radius 2 is 2.07 bits per heavy atom. The number of amides is 1. The third-order valence-electron chi connectivity index (χ3n) is 1.79. The first-order valence-corrected chi connectivity index (χ1v) is 4.95. The highest BCUT2D eigenvalue weighted by Crippen LogP contribution is 2.17. The van der Waals surface area contributed by atoms with Crippen molar-refractivity contribution >= 4 is 17.5 Å². The molecule has 1 aromatic carbocycles. The molecular weight excluding hydrogens is 198 g/mol. The Kier molecular flexibility index (Phi) is 3.53. The molecule has 0 spiro atoms.